The van der Waals surface area contributed by atoms with Gasteiger partial charge in [-0.05, 0) is 50.4 Å². The highest BCUT2D eigenvalue weighted by Crippen LogP contribution is 2.30. The van der Waals surface area contributed by atoms with Crippen molar-refractivity contribution < 1.29 is 9.84 Å². The number of aliphatic hydroxyl groups is 1. The molecule has 82 valence electrons. The van der Waals surface area contributed by atoms with Gasteiger partial charge in [0.15, 0.2) is 0 Å². The van der Waals surface area contributed by atoms with Crippen molar-refractivity contribution in [2.75, 3.05) is 13.2 Å². The summed E-state index contributed by atoms with van der Waals surface area (Å²) in [5, 5.41) is 9.00. The van der Waals surface area contributed by atoms with E-state index in [4.69, 9.17) is 9.84 Å². The highest BCUT2D eigenvalue weighted by molar-refractivity contribution is 4.74. The average molecular weight is 198 g/mol. The summed E-state index contributed by atoms with van der Waals surface area (Å²) in [6.07, 6.45) is 9.31. The van der Waals surface area contributed by atoms with Crippen molar-refractivity contribution >= 4 is 0 Å². The molecule has 2 heteroatoms. The molecule has 2 aliphatic rings. The summed E-state index contributed by atoms with van der Waals surface area (Å²) in [6, 6.07) is 0. The largest absolute Gasteiger partial charge is 0.396 e. The van der Waals surface area contributed by atoms with E-state index < -0.39 is 0 Å². The molecule has 0 aromatic carbocycles. The first-order chi connectivity index (χ1) is 6.88. The highest BCUT2D eigenvalue weighted by atomic mass is 16.5. The maximum absolute atomic E-state index is 9.00. The van der Waals surface area contributed by atoms with E-state index in [0.717, 1.165) is 38.2 Å². The zero-order chi connectivity index (χ0) is 9.80. The first-order valence-electron chi connectivity index (χ1n) is 6.11. The van der Waals surface area contributed by atoms with E-state index in [2.05, 4.69) is 0 Å². The molecule has 0 unspecified atom stereocenters. The Kier molecular flexibility index (Phi) is 3.82. The van der Waals surface area contributed by atoms with Crippen molar-refractivity contribution in [3.05, 3.63) is 0 Å². The number of rotatable bonds is 4. The van der Waals surface area contributed by atoms with Gasteiger partial charge in [0.25, 0.3) is 0 Å². The van der Waals surface area contributed by atoms with Crippen molar-refractivity contribution in [1.29, 1.82) is 0 Å². The van der Waals surface area contributed by atoms with Crippen LogP contribution in [-0.4, -0.2) is 24.4 Å². The van der Waals surface area contributed by atoms with E-state index in [1.807, 2.05) is 0 Å². The van der Waals surface area contributed by atoms with Gasteiger partial charge in [0.1, 0.15) is 0 Å². The Morgan fingerprint density at radius 1 is 0.929 bits per heavy atom. The molecule has 0 aliphatic heterocycles. The maximum atomic E-state index is 9.00. The Morgan fingerprint density at radius 2 is 1.64 bits per heavy atom. The van der Waals surface area contributed by atoms with Gasteiger partial charge in [-0.25, -0.2) is 0 Å². The summed E-state index contributed by atoms with van der Waals surface area (Å²) in [7, 11) is 0. The standard InChI is InChI=1S/C12H22O2/c13-8-10-4-6-12(7-5-10)14-9-11-2-1-3-11/h10-13H,1-9H2. The Labute approximate surface area is 86.6 Å². The molecule has 2 saturated carbocycles. The van der Waals surface area contributed by atoms with Gasteiger partial charge in [0, 0.05) is 13.2 Å². The van der Waals surface area contributed by atoms with E-state index >= 15 is 0 Å². The van der Waals surface area contributed by atoms with Crippen LogP contribution >= 0.6 is 0 Å². The Balaban J connectivity index is 1.58. The minimum absolute atomic E-state index is 0.370. The molecule has 2 nitrogen and oxygen atoms in total. The van der Waals surface area contributed by atoms with E-state index in [9.17, 15) is 0 Å². The van der Waals surface area contributed by atoms with Crippen molar-refractivity contribution in [3.63, 3.8) is 0 Å². The normalized spacial score (nSPS) is 34.1. The zero-order valence-electron chi connectivity index (χ0n) is 8.95. The molecule has 1 N–H and O–H groups in total. The van der Waals surface area contributed by atoms with Crippen molar-refractivity contribution in [1.82, 2.24) is 0 Å². The van der Waals surface area contributed by atoms with Crippen molar-refractivity contribution in [2.24, 2.45) is 11.8 Å². The van der Waals surface area contributed by atoms with Crippen LogP contribution in [0, 0.1) is 11.8 Å². The fourth-order valence-corrected chi connectivity index (χ4v) is 2.41. The topological polar surface area (TPSA) is 29.5 Å². The summed E-state index contributed by atoms with van der Waals surface area (Å²) in [5.41, 5.74) is 0. The first kappa shape index (κ1) is 10.4. The Morgan fingerprint density at radius 3 is 2.14 bits per heavy atom. The van der Waals surface area contributed by atoms with Gasteiger partial charge in [-0.3, -0.25) is 0 Å². The molecule has 2 aliphatic carbocycles. The van der Waals surface area contributed by atoms with Crippen LogP contribution in [0.2, 0.25) is 0 Å². The molecule has 14 heavy (non-hydrogen) atoms. The molecule has 0 aromatic rings. The minimum Gasteiger partial charge on any atom is -0.396 e. The second kappa shape index (κ2) is 5.13. The first-order valence-corrected chi connectivity index (χ1v) is 6.11. The number of hydrogen-bond acceptors (Lipinski definition) is 2. The fraction of sp³-hybridized carbons (Fsp3) is 1.00. The van der Waals surface area contributed by atoms with Gasteiger partial charge in [-0.1, -0.05) is 6.42 Å². The predicted octanol–water partition coefficient (Wildman–Crippen LogP) is 2.35. The Bertz CT molecular complexity index is 158. The molecule has 2 rings (SSSR count). The van der Waals surface area contributed by atoms with Crippen LogP contribution in [0.25, 0.3) is 0 Å². The predicted molar refractivity (Wildman–Crippen MR) is 56.1 cm³/mol. The van der Waals surface area contributed by atoms with E-state index in [1.54, 1.807) is 0 Å². The lowest BCUT2D eigenvalue weighted by atomic mass is 9.85. The van der Waals surface area contributed by atoms with Crippen LogP contribution in [0.15, 0.2) is 0 Å². The van der Waals surface area contributed by atoms with Crippen LogP contribution < -0.4 is 0 Å². The SMILES string of the molecule is OCC1CCC(OCC2CCC2)CC1. The van der Waals surface area contributed by atoms with E-state index in [-0.39, 0.29) is 0 Å². The number of ether oxygens (including phenoxy) is 1. The molecular weight excluding hydrogens is 176 g/mol. The molecule has 0 amide bonds. The molecule has 0 heterocycles. The summed E-state index contributed by atoms with van der Waals surface area (Å²) < 4.78 is 5.90. The molecule has 0 spiro atoms. The minimum atomic E-state index is 0.370. The molecule has 0 bridgehead atoms. The lowest BCUT2D eigenvalue weighted by molar-refractivity contribution is -0.0187. The quantitative estimate of drug-likeness (QED) is 0.751. The van der Waals surface area contributed by atoms with Crippen LogP contribution in [0.5, 0.6) is 0 Å². The van der Waals surface area contributed by atoms with Crippen LogP contribution in [0.3, 0.4) is 0 Å². The smallest absolute Gasteiger partial charge is 0.0575 e. The van der Waals surface area contributed by atoms with Gasteiger partial charge in [0.05, 0.1) is 6.10 Å². The van der Waals surface area contributed by atoms with Gasteiger partial charge in [0.2, 0.25) is 0 Å². The lowest BCUT2D eigenvalue weighted by Crippen LogP contribution is -2.27. The monoisotopic (exact) mass is 198 g/mol. The summed E-state index contributed by atoms with van der Waals surface area (Å²) in [4.78, 5) is 0. The molecule has 0 saturated heterocycles. The van der Waals surface area contributed by atoms with Gasteiger partial charge < -0.3 is 9.84 Å². The van der Waals surface area contributed by atoms with Gasteiger partial charge >= 0.3 is 0 Å². The Hall–Kier alpha value is -0.0800. The summed E-state index contributed by atoms with van der Waals surface area (Å²) >= 11 is 0. The lowest BCUT2D eigenvalue weighted by Gasteiger charge is -2.31. The molecule has 2 fully saturated rings. The van der Waals surface area contributed by atoms with Gasteiger partial charge in [-0.2, -0.15) is 0 Å². The third-order valence-corrected chi connectivity index (χ3v) is 3.84. The number of hydrogen-bond donors (Lipinski definition) is 1. The van der Waals surface area contributed by atoms with E-state index in [0.29, 0.717) is 18.6 Å². The summed E-state index contributed by atoms with van der Waals surface area (Å²) in [6.45, 7) is 1.36. The van der Waals surface area contributed by atoms with Crippen molar-refractivity contribution in [2.45, 2.75) is 51.0 Å². The molecular formula is C12H22O2. The van der Waals surface area contributed by atoms with Crippen LogP contribution in [0.4, 0.5) is 0 Å². The van der Waals surface area contributed by atoms with Gasteiger partial charge in [-0.15, -0.1) is 0 Å². The van der Waals surface area contributed by atoms with Crippen molar-refractivity contribution in [3.8, 4) is 0 Å². The third kappa shape index (κ3) is 2.71. The number of aliphatic hydroxyl groups excluding tert-OH is 1. The second-order valence-corrected chi connectivity index (χ2v) is 4.96. The zero-order valence-corrected chi connectivity index (χ0v) is 8.95. The third-order valence-electron chi connectivity index (χ3n) is 3.84. The average Bonchev–Trinajstić information content (AvgIpc) is 2.16. The van der Waals surface area contributed by atoms with E-state index in [1.165, 1.54) is 19.3 Å². The second-order valence-electron chi connectivity index (χ2n) is 4.96. The molecule has 0 aromatic heterocycles. The van der Waals surface area contributed by atoms with Crippen LogP contribution in [-0.2, 0) is 4.74 Å². The fourth-order valence-electron chi connectivity index (χ4n) is 2.41. The molecule has 0 radical (unpaired) electrons. The highest BCUT2D eigenvalue weighted by Gasteiger charge is 2.23. The summed E-state index contributed by atoms with van der Waals surface area (Å²) in [5.74, 6) is 1.42. The van der Waals surface area contributed by atoms with Crippen LogP contribution in [0.1, 0.15) is 44.9 Å². The maximum Gasteiger partial charge on any atom is 0.0575 e. The molecule has 0 atom stereocenters.